The molecule has 0 aliphatic rings. The summed E-state index contributed by atoms with van der Waals surface area (Å²) < 4.78 is 20.4. The van der Waals surface area contributed by atoms with Crippen LogP contribution in [0.2, 0.25) is 0 Å². The van der Waals surface area contributed by atoms with Crippen molar-refractivity contribution in [1.29, 1.82) is 0 Å². The van der Waals surface area contributed by atoms with Crippen molar-refractivity contribution in [2.45, 2.75) is 13.5 Å². The van der Waals surface area contributed by atoms with Crippen LogP contribution in [0.4, 0.5) is 4.39 Å². The minimum atomic E-state index is -0.497. The Kier molecular flexibility index (Phi) is 4.65. The van der Waals surface area contributed by atoms with Crippen LogP contribution in [0.15, 0.2) is 54.7 Å². The van der Waals surface area contributed by atoms with Crippen LogP contribution in [-0.2, 0) is 11.3 Å². The molecule has 0 N–H and O–H groups in total. The second-order valence-corrected chi connectivity index (χ2v) is 5.10. The maximum Gasteiger partial charge on any atom is 0.356 e. The number of benzene rings is 1. The smallest absolute Gasteiger partial charge is 0.356 e. The molecule has 0 bridgehead atoms. The predicted octanol–water partition coefficient (Wildman–Crippen LogP) is 3.31. The summed E-state index contributed by atoms with van der Waals surface area (Å²) in [7, 11) is 0. The molecule has 0 fully saturated rings. The number of aromatic nitrogens is 3. The van der Waals surface area contributed by atoms with Gasteiger partial charge < -0.3 is 4.74 Å². The minimum Gasteiger partial charge on any atom is -0.461 e. The summed E-state index contributed by atoms with van der Waals surface area (Å²) >= 11 is 0. The van der Waals surface area contributed by atoms with Crippen LogP contribution in [-0.4, -0.2) is 27.3 Å². The first-order valence-corrected chi connectivity index (χ1v) is 7.59. The first kappa shape index (κ1) is 15.9. The number of carbonyl (C=O) groups excluding carboxylic acids is 1. The van der Waals surface area contributed by atoms with E-state index in [0.29, 0.717) is 17.0 Å². The van der Waals surface area contributed by atoms with Gasteiger partial charge in [-0.1, -0.05) is 24.3 Å². The van der Waals surface area contributed by atoms with Crippen LogP contribution >= 0.6 is 0 Å². The highest BCUT2D eigenvalue weighted by Crippen LogP contribution is 2.19. The fraction of sp³-hybridized carbons (Fsp3) is 0.167. The molecule has 0 saturated carbocycles. The molecule has 0 amide bonds. The standard InChI is InChI=1S/C18H16FN3O2/c1-2-24-18(23)17-11-16(15-9-5-6-10-20-15)21-22(17)12-13-7-3-4-8-14(13)19/h3-11H,2,12H2,1H3. The van der Waals surface area contributed by atoms with E-state index in [-0.39, 0.29) is 24.7 Å². The highest BCUT2D eigenvalue weighted by molar-refractivity contribution is 5.89. The summed E-state index contributed by atoms with van der Waals surface area (Å²) in [6.45, 7) is 2.12. The topological polar surface area (TPSA) is 57.0 Å². The van der Waals surface area contributed by atoms with Gasteiger partial charge in [0.25, 0.3) is 0 Å². The van der Waals surface area contributed by atoms with E-state index in [0.717, 1.165) is 0 Å². The van der Waals surface area contributed by atoms with Crippen LogP contribution in [0.3, 0.4) is 0 Å². The molecule has 0 unspecified atom stereocenters. The van der Waals surface area contributed by atoms with Gasteiger partial charge in [0, 0.05) is 17.8 Å². The van der Waals surface area contributed by atoms with Crippen molar-refractivity contribution < 1.29 is 13.9 Å². The monoisotopic (exact) mass is 325 g/mol. The number of esters is 1. The van der Waals surface area contributed by atoms with Gasteiger partial charge in [-0.3, -0.25) is 9.67 Å². The highest BCUT2D eigenvalue weighted by atomic mass is 19.1. The number of halogens is 1. The van der Waals surface area contributed by atoms with Gasteiger partial charge in [-0.05, 0) is 25.1 Å². The van der Waals surface area contributed by atoms with Crippen molar-refractivity contribution in [2.75, 3.05) is 6.61 Å². The Bertz CT molecular complexity index is 846. The second kappa shape index (κ2) is 7.04. The molecular weight excluding hydrogens is 309 g/mol. The molecule has 6 heteroatoms. The molecule has 24 heavy (non-hydrogen) atoms. The third-order valence-corrected chi connectivity index (χ3v) is 3.47. The van der Waals surface area contributed by atoms with Crippen molar-refractivity contribution in [2.24, 2.45) is 0 Å². The van der Waals surface area contributed by atoms with Crippen molar-refractivity contribution in [1.82, 2.24) is 14.8 Å². The Morgan fingerprint density at radius 2 is 1.96 bits per heavy atom. The Hall–Kier alpha value is -3.02. The van der Waals surface area contributed by atoms with Gasteiger partial charge in [0.05, 0.1) is 18.8 Å². The molecule has 3 aromatic rings. The zero-order valence-electron chi connectivity index (χ0n) is 13.1. The van der Waals surface area contributed by atoms with Crippen LogP contribution in [0.1, 0.15) is 23.0 Å². The second-order valence-electron chi connectivity index (χ2n) is 5.10. The molecule has 0 aliphatic carbocycles. The summed E-state index contributed by atoms with van der Waals surface area (Å²) in [5.41, 5.74) is 1.88. The van der Waals surface area contributed by atoms with E-state index in [1.807, 2.05) is 6.07 Å². The van der Waals surface area contributed by atoms with E-state index in [9.17, 15) is 9.18 Å². The van der Waals surface area contributed by atoms with Gasteiger partial charge in [0.1, 0.15) is 17.2 Å². The fourth-order valence-corrected chi connectivity index (χ4v) is 2.33. The highest BCUT2D eigenvalue weighted by Gasteiger charge is 2.18. The van der Waals surface area contributed by atoms with Gasteiger partial charge in [0.2, 0.25) is 0 Å². The number of pyridine rings is 1. The maximum absolute atomic E-state index is 13.9. The first-order chi connectivity index (χ1) is 11.7. The zero-order valence-corrected chi connectivity index (χ0v) is 13.1. The third-order valence-electron chi connectivity index (χ3n) is 3.47. The summed E-state index contributed by atoms with van der Waals surface area (Å²) in [5.74, 6) is -0.842. The number of carbonyl (C=O) groups is 1. The summed E-state index contributed by atoms with van der Waals surface area (Å²) in [5, 5.41) is 4.41. The number of hydrogen-bond donors (Lipinski definition) is 0. The van der Waals surface area contributed by atoms with Crippen LogP contribution < -0.4 is 0 Å². The molecule has 0 atom stereocenters. The van der Waals surface area contributed by atoms with Gasteiger partial charge in [-0.2, -0.15) is 5.10 Å². The lowest BCUT2D eigenvalue weighted by atomic mass is 10.2. The lowest BCUT2D eigenvalue weighted by molar-refractivity contribution is 0.0512. The van der Waals surface area contributed by atoms with E-state index in [2.05, 4.69) is 10.1 Å². The van der Waals surface area contributed by atoms with E-state index in [1.54, 1.807) is 49.5 Å². The molecule has 122 valence electrons. The summed E-state index contributed by atoms with van der Waals surface area (Å²) in [6.07, 6.45) is 1.65. The third kappa shape index (κ3) is 3.32. The van der Waals surface area contributed by atoms with Gasteiger partial charge in [0.15, 0.2) is 0 Å². The van der Waals surface area contributed by atoms with Crippen LogP contribution in [0, 0.1) is 5.82 Å². The molecule has 0 saturated heterocycles. The largest absolute Gasteiger partial charge is 0.461 e. The Labute approximate surface area is 138 Å². The summed E-state index contributed by atoms with van der Waals surface area (Å²) in [6, 6.07) is 13.4. The molecule has 2 heterocycles. The molecule has 5 nitrogen and oxygen atoms in total. The minimum absolute atomic E-state index is 0.133. The lowest BCUT2D eigenvalue weighted by Gasteiger charge is -2.07. The zero-order chi connectivity index (χ0) is 16.9. The van der Waals surface area contributed by atoms with Crippen LogP contribution in [0.25, 0.3) is 11.4 Å². The maximum atomic E-state index is 13.9. The average Bonchev–Trinajstić information content (AvgIpc) is 3.02. The van der Waals surface area contributed by atoms with Gasteiger partial charge >= 0.3 is 5.97 Å². The SMILES string of the molecule is CCOC(=O)c1cc(-c2ccccn2)nn1Cc1ccccc1F. The Morgan fingerprint density at radius 1 is 1.17 bits per heavy atom. The lowest BCUT2D eigenvalue weighted by Crippen LogP contribution is -2.14. The molecule has 1 aromatic carbocycles. The quantitative estimate of drug-likeness (QED) is 0.675. The van der Waals surface area contributed by atoms with Crippen molar-refractivity contribution in [3.05, 3.63) is 71.8 Å². The predicted molar refractivity (Wildman–Crippen MR) is 86.9 cm³/mol. The number of hydrogen-bond acceptors (Lipinski definition) is 4. The fourth-order valence-electron chi connectivity index (χ4n) is 2.33. The van der Waals surface area contributed by atoms with E-state index in [1.165, 1.54) is 10.7 Å². The molecule has 0 spiro atoms. The van der Waals surface area contributed by atoms with Gasteiger partial charge in [-0.15, -0.1) is 0 Å². The van der Waals surface area contributed by atoms with Gasteiger partial charge in [-0.25, -0.2) is 9.18 Å². The molecule has 0 aliphatic heterocycles. The first-order valence-electron chi connectivity index (χ1n) is 7.59. The summed E-state index contributed by atoms with van der Waals surface area (Å²) in [4.78, 5) is 16.4. The van der Waals surface area contributed by atoms with Crippen molar-refractivity contribution in [3.8, 4) is 11.4 Å². The number of rotatable bonds is 5. The normalized spacial score (nSPS) is 10.6. The Balaban J connectivity index is 2.01. The molecule has 3 rings (SSSR count). The molecular formula is C18H16FN3O2. The van der Waals surface area contributed by atoms with E-state index < -0.39 is 5.97 Å². The van der Waals surface area contributed by atoms with Crippen LogP contribution in [0.5, 0.6) is 0 Å². The van der Waals surface area contributed by atoms with E-state index in [4.69, 9.17) is 4.74 Å². The van der Waals surface area contributed by atoms with Crippen molar-refractivity contribution >= 4 is 5.97 Å². The molecule has 2 aromatic heterocycles. The van der Waals surface area contributed by atoms with E-state index >= 15 is 0 Å². The number of nitrogens with zero attached hydrogens (tertiary/aromatic N) is 3. The molecule has 0 radical (unpaired) electrons. The average molecular weight is 325 g/mol. The number of ether oxygens (including phenoxy) is 1. The Morgan fingerprint density at radius 3 is 2.67 bits per heavy atom. The van der Waals surface area contributed by atoms with Crippen molar-refractivity contribution in [3.63, 3.8) is 0 Å².